The minimum absolute atomic E-state index is 0.0579. The van der Waals surface area contributed by atoms with Gasteiger partial charge in [0.2, 0.25) is 0 Å². The van der Waals surface area contributed by atoms with Crippen molar-refractivity contribution in [3.05, 3.63) is 53.3 Å². The second-order valence-corrected chi connectivity index (χ2v) is 11.0. The third-order valence-corrected chi connectivity index (χ3v) is 8.14. The summed E-state index contributed by atoms with van der Waals surface area (Å²) in [6, 6.07) is 11.0. The molecule has 4 rings (SSSR count). The van der Waals surface area contributed by atoms with Crippen LogP contribution in [0, 0.1) is 13.8 Å². The first-order valence-electron chi connectivity index (χ1n) is 11.3. The normalized spacial score (nSPS) is 21.8. The van der Waals surface area contributed by atoms with Crippen LogP contribution in [0.2, 0.25) is 0 Å². The van der Waals surface area contributed by atoms with Gasteiger partial charge in [0.25, 0.3) is 5.91 Å². The maximum atomic E-state index is 13.0. The van der Waals surface area contributed by atoms with Crippen molar-refractivity contribution < 1.29 is 27.5 Å². The smallest absolute Gasteiger partial charge is 0.340 e. The summed E-state index contributed by atoms with van der Waals surface area (Å²) in [6.07, 6.45) is 2.03. The SMILES string of the molecule is Cc1cc(C(=O)OCC(=O)N(C[C@H]2CCCO2)[C@@H]2CCS(=O)(=O)C2)c(C)n1-c1ccccc1. The Morgan fingerprint density at radius 3 is 2.58 bits per heavy atom. The Balaban J connectivity index is 1.45. The third kappa shape index (κ3) is 5.30. The largest absolute Gasteiger partial charge is 0.452 e. The van der Waals surface area contributed by atoms with Crippen molar-refractivity contribution in [3.63, 3.8) is 0 Å². The lowest BCUT2D eigenvalue weighted by Crippen LogP contribution is -2.47. The molecule has 2 aromatic rings. The maximum Gasteiger partial charge on any atom is 0.340 e. The topological polar surface area (TPSA) is 94.9 Å². The molecular formula is C24H30N2O6S. The molecule has 1 aromatic heterocycles. The van der Waals surface area contributed by atoms with E-state index in [4.69, 9.17) is 9.47 Å². The van der Waals surface area contributed by atoms with Crippen LogP contribution in [0.5, 0.6) is 0 Å². The zero-order chi connectivity index (χ0) is 23.6. The monoisotopic (exact) mass is 474 g/mol. The molecule has 2 atom stereocenters. The predicted molar refractivity (Wildman–Crippen MR) is 123 cm³/mol. The molecular weight excluding hydrogens is 444 g/mol. The summed E-state index contributed by atoms with van der Waals surface area (Å²) in [4.78, 5) is 27.4. The van der Waals surface area contributed by atoms with Crippen LogP contribution in [-0.2, 0) is 24.1 Å². The zero-order valence-electron chi connectivity index (χ0n) is 19.0. The predicted octanol–water partition coefficient (Wildman–Crippen LogP) is 2.45. The second-order valence-electron chi connectivity index (χ2n) is 8.77. The van der Waals surface area contributed by atoms with Gasteiger partial charge in [-0.15, -0.1) is 0 Å². The van der Waals surface area contributed by atoms with Crippen molar-refractivity contribution in [2.75, 3.05) is 31.3 Å². The fourth-order valence-electron chi connectivity index (χ4n) is 4.72. The molecule has 1 aromatic carbocycles. The molecule has 3 heterocycles. The van der Waals surface area contributed by atoms with Gasteiger partial charge in [-0.1, -0.05) is 18.2 Å². The fourth-order valence-corrected chi connectivity index (χ4v) is 6.45. The van der Waals surface area contributed by atoms with E-state index in [0.717, 1.165) is 29.9 Å². The summed E-state index contributed by atoms with van der Waals surface area (Å²) in [5.74, 6) is -0.955. The van der Waals surface area contributed by atoms with E-state index in [-0.39, 0.29) is 17.6 Å². The van der Waals surface area contributed by atoms with Crippen LogP contribution < -0.4 is 0 Å². The van der Waals surface area contributed by atoms with Gasteiger partial charge in [-0.2, -0.15) is 0 Å². The molecule has 0 saturated carbocycles. The summed E-state index contributed by atoms with van der Waals surface area (Å²) in [5, 5.41) is 0. The zero-order valence-corrected chi connectivity index (χ0v) is 19.8. The van der Waals surface area contributed by atoms with Gasteiger partial charge >= 0.3 is 5.97 Å². The number of benzene rings is 1. The van der Waals surface area contributed by atoms with Gasteiger partial charge in [-0.05, 0) is 51.3 Å². The number of rotatable bonds is 7. The van der Waals surface area contributed by atoms with Crippen molar-refractivity contribution >= 4 is 21.7 Å². The molecule has 0 aliphatic carbocycles. The fraction of sp³-hybridized carbons (Fsp3) is 0.500. The Morgan fingerprint density at radius 2 is 1.94 bits per heavy atom. The lowest BCUT2D eigenvalue weighted by Gasteiger charge is -2.30. The lowest BCUT2D eigenvalue weighted by molar-refractivity contribution is -0.138. The molecule has 0 bridgehead atoms. The van der Waals surface area contributed by atoms with E-state index in [9.17, 15) is 18.0 Å². The van der Waals surface area contributed by atoms with Crippen molar-refractivity contribution in [1.82, 2.24) is 9.47 Å². The second kappa shape index (κ2) is 9.69. The number of hydrogen-bond donors (Lipinski definition) is 0. The first kappa shape index (κ1) is 23.5. The van der Waals surface area contributed by atoms with E-state index in [1.54, 1.807) is 11.0 Å². The highest BCUT2D eigenvalue weighted by molar-refractivity contribution is 7.91. The number of para-hydroxylation sites is 1. The highest BCUT2D eigenvalue weighted by Gasteiger charge is 2.36. The van der Waals surface area contributed by atoms with Gasteiger partial charge in [-0.3, -0.25) is 4.79 Å². The Morgan fingerprint density at radius 1 is 1.18 bits per heavy atom. The number of carbonyl (C=O) groups excluding carboxylic acids is 2. The van der Waals surface area contributed by atoms with Crippen LogP contribution in [0.15, 0.2) is 36.4 Å². The first-order valence-corrected chi connectivity index (χ1v) is 13.1. The van der Waals surface area contributed by atoms with Crippen LogP contribution in [-0.4, -0.2) is 73.2 Å². The van der Waals surface area contributed by atoms with E-state index < -0.39 is 34.4 Å². The Bertz CT molecular complexity index is 1120. The summed E-state index contributed by atoms with van der Waals surface area (Å²) in [5.41, 5.74) is 2.95. The number of ether oxygens (including phenoxy) is 2. The molecule has 9 heteroatoms. The van der Waals surface area contributed by atoms with Crippen LogP contribution in [0.1, 0.15) is 41.0 Å². The number of aromatic nitrogens is 1. The van der Waals surface area contributed by atoms with Gasteiger partial charge in [0.15, 0.2) is 16.4 Å². The van der Waals surface area contributed by atoms with Crippen LogP contribution in [0.25, 0.3) is 5.69 Å². The first-order chi connectivity index (χ1) is 15.7. The number of amides is 1. The molecule has 1 amide bonds. The highest BCUT2D eigenvalue weighted by Crippen LogP contribution is 2.23. The molecule has 0 radical (unpaired) electrons. The van der Waals surface area contributed by atoms with E-state index in [1.165, 1.54) is 0 Å². The number of sulfone groups is 1. The van der Waals surface area contributed by atoms with Crippen molar-refractivity contribution in [2.24, 2.45) is 0 Å². The molecule has 0 unspecified atom stereocenters. The molecule has 33 heavy (non-hydrogen) atoms. The molecule has 0 spiro atoms. The highest BCUT2D eigenvalue weighted by atomic mass is 32.2. The Kier molecular flexibility index (Phi) is 6.90. The molecule has 178 valence electrons. The van der Waals surface area contributed by atoms with Crippen molar-refractivity contribution in [2.45, 2.75) is 45.3 Å². The van der Waals surface area contributed by atoms with Gasteiger partial charge < -0.3 is 18.9 Å². The summed E-state index contributed by atoms with van der Waals surface area (Å²) >= 11 is 0. The van der Waals surface area contributed by atoms with Crippen molar-refractivity contribution in [1.29, 1.82) is 0 Å². The third-order valence-electron chi connectivity index (χ3n) is 6.39. The van der Waals surface area contributed by atoms with Gasteiger partial charge in [-0.25, -0.2) is 13.2 Å². The van der Waals surface area contributed by atoms with E-state index in [0.29, 0.717) is 25.1 Å². The minimum Gasteiger partial charge on any atom is -0.452 e. The maximum absolute atomic E-state index is 13.0. The number of nitrogens with zero attached hydrogens (tertiary/aromatic N) is 2. The van der Waals surface area contributed by atoms with Gasteiger partial charge in [0.05, 0.1) is 23.2 Å². The molecule has 8 nitrogen and oxygen atoms in total. The molecule has 2 saturated heterocycles. The van der Waals surface area contributed by atoms with E-state index >= 15 is 0 Å². The van der Waals surface area contributed by atoms with Crippen LogP contribution in [0.4, 0.5) is 0 Å². The Hall–Kier alpha value is -2.65. The molecule has 2 aliphatic heterocycles. The van der Waals surface area contributed by atoms with Crippen LogP contribution in [0.3, 0.4) is 0 Å². The molecule has 2 fully saturated rings. The molecule has 0 N–H and O–H groups in total. The Labute approximate surface area is 194 Å². The average Bonchev–Trinajstić information content (AvgIpc) is 3.50. The summed E-state index contributed by atoms with van der Waals surface area (Å²) in [6.45, 7) is 4.27. The van der Waals surface area contributed by atoms with E-state index in [2.05, 4.69) is 0 Å². The summed E-state index contributed by atoms with van der Waals surface area (Å²) < 4.78 is 37.0. The molecule has 2 aliphatic rings. The van der Waals surface area contributed by atoms with Crippen molar-refractivity contribution in [3.8, 4) is 5.69 Å². The van der Waals surface area contributed by atoms with Crippen LogP contribution >= 0.6 is 0 Å². The lowest BCUT2D eigenvalue weighted by atomic mass is 10.1. The van der Waals surface area contributed by atoms with Gasteiger partial charge in [0, 0.05) is 36.3 Å². The number of esters is 1. The quantitative estimate of drug-likeness (QED) is 0.572. The summed E-state index contributed by atoms with van der Waals surface area (Å²) in [7, 11) is -3.16. The number of carbonyl (C=O) groups is 2. The average molecular weight is 475 g/mol. The van der Waals surface area contributed by atoms with E-state index in [1.807, 2.05) is 48.7 Å². The standard InChI is InChI=1S/C24H30N2O6S/c1-17-13-22(18(2)26(17)19-7-4-3-5-8-19)24(28)32-15-23(27)25(14-21-9-6-11-31-21)20-10-12-33(29,30)16-20/h3-5,7-8,13,20-21H,6,9-12,14-16H2,1-2H3/t20-,21-/m1/s1. The van der Waals surface area contributed by atoms with Gasteiger partial charge in [0.1, 0.15) is 0 Å². The number of hydrogen-bond acceptors (Lipinski definition) is 6. The minimum atomic E-state index is -3.16. The number of aryl methyl sites for hydroxylation is 1.